The average molecular weight is 402 g/mol. The van der Waals surface area contributed by atoms with Gasteiger partial charge in [0.1, 0.15) is 0 Å². The summed E-state index contributed by atoms with van der Waals surface area (Å²) in [6, 6.07) is 4.99. The highest BCUT2D eigenvalue weighted by atomic mass is 127. The lowest BCUT2D eigenvalue weighted by Crippen LogP contribution is -2.30. The monoisotopic (exact) mass is 402 g/mol. The van der Waals surface area contributed by atoms with Crippen LogP contribution in [0.4, 0.5) is 5.69 Å². The van der Waals surface area contributed by atoms with Gasteiger partial charge in [0.15, 0.2) is 0 Å². The number of piperidine rings is 1. The zero-order valence-electron chi connectivity index (χ0n) is 11.7. The predicted molar refractivity (Wildman–Crippen MR) is 89.6 cm³/mol. The summed E-state index contributed by atoms with van der Waals surface area (Å²) in [6.45, 7) is 2.03. The van der Waals surface area contributed by atoms with Gasteiger partial charge in [-0.2, -0.15) is 0 Å². The predicted octanol–water partition coefficient (Wildman–Crippen LogP) is 2.71. The molecular weight excluding hydrogens is 383 g/mol. The molecule has 5 nitrogen and oxygen atoms in total. The minimum atomic E-state index is -1.03. The van der Waals surface area contributed by atoms with Crippen LogP contribution in [-0.2, 0) is 4.79 Å². The van der Waals surface area contributed by atoms with Crippen LogP contribution in [0.3, 0.4) is 0 Å². The molecule has 1 aliphatic rings. The van der Waals surface area contributed by atoms with E-state index in [1.165, 1.54) is 0 Å². The van der Waals surface area contributed by atoms with Crippen molar-refractivity contribution in [1.29, 1.82) is 0 Å². The topological polar surface area (TPSA) is 78.4 Å². The molecule has 0 aliphatic carbocycles. The molecule has 1 aliphatic heterocycles. The summed E-state index contributed by atoms with van der Waals surface area (Å²) in [5, 5.41) is 15.2. The zero-order valence-corrected chi connectivity index (χ0v) is 13.9. The molecule has 1 atom stereocenters. The highest BCUT2D eigenvalue weighted by Gasteiger charge is 2.16. The van der Waals surface area contributed by atoms with Crippen molar-refractivity contribution in [3.63, 3.8) is 0 Å². The summed E-state index contributed by atoms with van der Waals surface area (Å²) in [7, 11) is 0. The number of amides is 1. The van der Waals surface area contributed by atoms with Gasteiger partial charge in [-0.05, 0) is 79.1 Å². The number of rotatable bonds is 5. The number of carboxylic acid groups (broad SMARTS) is 1. The SMILES string of the molecule is O=C(CCC1CCCNC1)Nc1ccc(I)cc1C(=O)O. The maximum atomic E-state index is 12.0. The standard InChI is InChI=1S/C15H19IN2O3/c16-11-4-5-13(12(8-11)15(20)21)18-14(19)6-3-10-2-1-7-17-9-10/h4-5,8,10,17H,1-3,6-7,9H2,(H,18,19)(H,20,21). The van der Waals surface area contributed by atoms with Crippen LogP contribution in [0.15, 0.2) is 18.2 Å². The summed E-state index contributed by atoms with van der Waals surface area (Å²) in [5.74, 6) is -0.607. The van der Waals surface area contributed by atoms with Crippen LogP contribution < -0.4 is 10.6 Å². The van der Waals surface area contributed by atoms with Crippen molar-refractivity contribution in [2.45, 2.75) is 25.7 Å². The van der Waals surface area contributed by atoms with Crippen molar-refractivity contribution in [2.24, 2.45) is 5.92 Å². The fourth-order valence-electron chi connectivity index (χ4n) is 2.52. The van der Waals surface area contributed by atoms with Crippen LogP contribution in [0.2, 0.25) is 0 Å². The van der Waals surface area contributed by atoms with Crippen LogP contribution >= 0.6 is 22.6 Å². The Balaban J connectivity index is 1.91. The molecule has 1 fully saturated rings. The van der Waals surface area contributed by atoms with E-state index in [0.717, 1.165) is 35.9 Å². The van der Waals surface area contributed by atoms with Crippen molar-refractivity contribution in [3.8, 4) is 0 Å². The first-order valence-corrected chi connectivity index (χ1v) is 8.17. The quantitative estimate of drug-likeness (QED) is 0.662. The fraction of sp³-hybridized carbons (Fsp3) is 0.467. The van der Waals surface area contributed by atoms with Gasteiger partial charge in [-0.3, -0.25) is 4.79 Å². The van der Waals surface area contributed by atoms with E-state index < -0.39 is 5.97 Å². The summed E-state index contributed by atoms with van der Waals surface area (Å²) in [5.41, 5.74) is 0.504. The van der Waals surface area contributed by atoms with Gasteiger partial charge in [0.25, 0.3) is 0 Å². The number of hydrogen-bond acceptors (Lipinski definition) is 3. The fourth-order valence-corrected chi connectivity index (χ4v) is 3.01. The second-order valence-electron chi connectivity index (χ2n) is 5.29. The van der Waals surface area contributed by atoms with Gasteiger partial charge in [0, 0.05) is 9.99 Å². The third-order valence-corrected chi connectivity index (χ3v) is 4.34. The Labute approximate surface area is 137 Å². The molecule has 1 amide bonds. The Morgan fingerprint density at radius 1 is 1.43 bits per heavy atom. The van der Waals surface area contributed by atoms with Crippen molar-refractivity contribution >= 4 is 40.2 Å². The third-order valence-electron chi connectivity index (χ3n) is 3.66. The number of aromatic carboxylic acids is 1. The van der Waals surface area contributed by atoms with Crippen LogP contribution in [0, 0.1) is 9.49 Å². The number of hydrogen-bond donors (Lipinski definition) is 3. The molecule has 3 N–H and O–H groups in total. The molecule has 2 rings (SSSR count). The van der Waals surface area contributed by atoms with E-state index in [2.05, 4.69) is 33.2 Å². The van der Waals surface area contributed by atoms with Crippen LogP contribution in [0.1, 0.15) is 36.0 Å². The number of anilines is 1. The van der Waals surface area contributed by atoms with Crippen molar-refractivity contribution in [2.75, 3.05) is 18.4 Å². The smallest absolute Gasteiger partial charge is 0.337 e. The van der Waals surface area contributed by atoms with E-state index in [1.54, 1.807) is 18.2 Å². The molecule has 6 heteroatoms. The second kappa shape index (κ2) is 7.74. The number of nitrogens with one attached hydrogen (secondary N) is 2. The van der Waals surface area contributed by atoms with Crippen molar-refractivity contribution < 1.29 is 14.7 Å². The molecule has 114 valence electrons. The first kappa shape index (κ1) is 16.2. The maximum Gasteiger partial charge on any atom is 0.337 e. The molecule has 1 unspecified atom stereocenters. The molecule has 1 heterocycles. The molecule has 0 spiro atoms. The zero-order chi connectivity index (χ0) is 15.2. The van der Waals surface area contributed by atoms with E-state index in [0.29, 0.717) is 18.0 Å². The maximum absolute atomic E-state index is 12.0. The largest absolute Gasteiger partial charge is 0.478 e. The van der Waals surface area contributed by atoms with E-state index in [1.807, 2.05) is 0 Å². The Kier molecular flexibility index (Phi) is 5.98. The van der Waals surface area contributed by atoms with Crippen LogP contribution in [0.5, 0.6) is 0 Å². The molecule has 0 radical (unpaired) electrons. The van der Waals surface area contributed by atoms with Gasteiger partial charge in [0.2, 0.25) is 5.91 Å². The molecule has 1 aromatic carbocycles. The molecule has 21 heavy (non-hydrogen) atoms. The van der Waals surface area contributed by atoms with Gasteiger partial charge < -0.3 is 15.7 Å². The number of carbonyl (C=O) groups is 2. The summed E-state index contributed by atoms with van der Waals surface area (Å²) in [4.78, 5) is 23.2. The average Bonchev–Trinajstić information content (AvgIpc) is 2.48. The van der Waals surface area contributed by atoms with Crippen molar-refractivity contribution in [1.82, 2.24) is 5.32 Å². The van der Waals surface area contributed by atoms with Gasteiger partial charge >= 0.3 is 5.97 Å². The molecule has 1 saturated heterocycles. The summed E-state index contributed by atoms with van der Waals surface area (Å²) < 4.78 is 0.830. The Morgan fingerprint density at radius 3 is 2.90 bits per heavy atom. The van der Waals surface area contributed by atoms with E-state index in [4.69, 9.17) is 0 Å². The molecule has 1 aromatic rings. The number of benzene rings is 1. The number of halogens is 1. The molecule has 0 aromatic heterocycles. The van der Waals surface area contributed by atoms with Crippen molar-refractivity contribution in [3.05, 3.63) is 27.3 Å². The lowest BCUT2D eigenvalue weighted by atomic mass is 9.94. The summed E-state index contributed by atoms with van der Waals surface area (Å²) >= 11 is 2.05. The Morgan fingerprint density at radius 2 is 2.24 bits per heavy atom. The van der Waals surface area contributed by atoms with Gasteiger partial charge in [-0.1, -0.05) is 0 Å². The van der Waals surface area contributed by atoms with Crippen LogP contribution in [0.25, 0.3) is 0 Å². The highest BCUT2D eigenvalue weighted by molar-refractivity contribution is 14.1. The van der Waals surface area contributed by atoms with E-state index in [9.17, 15) is 14.7 Å². The van der Waals surface area contributed by atoms with Gasteiger partial charge in [0.05, 0.1) is 11.3 Å². The first-order valence-electron chi connectivity index (χ1n) is 7.09. The van der Waals surface area contributed by atoms with Gasteiger partial charge in [-0.25, -0.2) is 4.79 Å². The first-order chi connectivity index (χ1) is 10.1. The molecule has 0 bridgehead atoms. The number of carboxylic acids is 1. The molecular formula is C15H19IN2O3. The van der Waals surface area contributed by atoms with Gasteiger partial charge in [-0.15, -0.1) is 0 Å². The second-order valence-corrected chi connectivity index (χ2v) is 6.54. The Hall–Kier alpha value is -1.15. The minimum Gasteiger partial charge on any atom is -0.478 e. The third kappa shape index (κ3) is 4.96. The highest BCUT2D eigenvalue weighted by Crippen LogP contribution is 2.20. The Bertz CT molecular complexity index is 528. The lowest BCUT2D eigenvalue weighted by Gasteiger charge is -2.22. The van der Waals surface area contributed by atoms with E-state index >= 15 is 0 Å². The van der Waals surface area contributed by atoms with E-state index in [-0.39, 0.29) is 11.5 Å². The summed E-state index contributed by atoms with van der Waals surface area (Å²) in [6.07, 6.45) is 3.58. The normalized spacial score (nSPS) is 18.2. The lowest BCUT2D eigenvalue weighted by molar-refractivity contribution is -0.116. The minimum absolute atomic E-state index is 0.121. The molecule has 0 saturated carbocycles. The van der Waals surface area contributed by atoms with Crippen LogP contribution in [-0.4, -0.2) is 30.1 Å². The number of carbonyl (C=O) groups excluding carboxylic acids is 1.